The molecule has 1 saturated heterocycles. The van der Waals surface area contributed by atoms with Crippen LogP contribution >= 0.6 is 11.3 Å². The first kappa shape index (κ1) is 10.7. The van der Waals surface area contributed by atoms with E-state index in [1.807, 2.05) is 0 Å². The predicted molar refractivity (Wildman–Crippen MR) is 62.7 cm³/mol. The molecule has 15 heavy (non-hydrogen) atoms. The van der Waals surface area contributed by atoms with Crippen LogP contribution in [0.5, 0.6) is 0 Å². The molecule has 3 heteroatoms. The average Bonchev–Trinajstić information content (AvgIpc) is 2.63. The minimum absolute atomic E-state index is 0.0191. The van der Waals surface area contributed by atoms with Crippen molar-refractivity contribution >= 4 is 11.3 Å². The summed E-state index contributed by atoms with van der Waals surface area (Å²) in [6, 6.07) is 4.49. The van der Waals surface area contributed by atoms with E-state index in [2.05, 4.69) is 27.8 Å². The van der Waals surface area contributed by atoms with Gasteiger partial charge in [0.15, 0.2) is 0 Å². The zero-order valence-corrected chi connectivity index (χ0v) is 9.67. The summed E-state index contributed by atoms with van der Waals surface area (Å²) in [6.07, 6.45) is 5.11. The monoisotopic (exact) mass is 220 g/mol. The third-order valence-corrected chi connectivity index (χ3v) is 3.69. The summed E-state index contributed by atoms with van der Waals surface area (Å²) in [6.45, 7) is 2.15. The lowest BCUT2D eigenvalue weighted by atomic mass is 10.1. The first-order valence-electron chi connectivity index (χ1n) is 5.57. The summed E-state index contributed by atoms with van der Waals surface area (Å²) in [7, 11) is 0. The van der Waals surface area contributed by atoms with Gasteiger partial charge in [0.25, 0.3) is 0 Å². The van der Waals surface area contributed by atoms with Crippen molar-refractivity contribution in [3.05, 3.63) is 22.4 Å². The van der Waals surface area contributed by atoms with Gasteiger partial charge in [0.1, 0.15) is 6.04 Å². The van der Waals surface area contributed by atoms with Gasteiger partial charge in [-0.1, -0.05) is 12.8 Å². The number of hydrogen-bond acceptors (Lipinski definition) is 3. The Morgan fingerprint density at radius 3 is 2.53 bits per heavy atom. The summed E-state index contributed by atoms with van der Waals surface area (Å²) in [5.41, 5.74) is 1.17. The molecule has 0 amide bonds. The molecule has 1 fully saturated rings. The zero-order valence-electron chi connectivity index (χ0n) is 8.85. The van der Waals surface area contributed by atoms with E-state index in [0.29, 0.717) is 0 Å². The van der Waals surface area contributed by atoms with Crippen LogP contribution in [0.2, 0.25) is 0 Å². The normalized spacial score (nSPS) is 20.5. The molecule has 2 rings (SSSR count). The molecule has 0 saturated carbocycles. The number of hydrogen-bond donors (Lipinski definition) is 0. The third kappa shape index (κ3) is 2.58. The predicted octanol–water partition coefficient (Wildman–Crippen LogP) is 3.19. The third-order valence-electron chi connectivity index (χ3n) is 2.99. The van der Waals surface area contributed by atoms with E-state index in [4.69, 9.17) is 0 Å². The first-order valence-corrected chi connectivity index (χ1v) is 6.52. The average molecular weight is 220 g/mol. The maximum absolute atomic E-state index is 9.25. The highest BCUT2D eigenvalue weighted by Gasteiger charge is 2.20. The molecule has 0 radical (unpaired) electrons. The molecule has 1 aromatic heterocycles. The molecule has 1 unspecified atom stereocenters. The molecular formula is C12H16N2S. The Kier molecular flexibility index (Phi) is 3.76. The standard InChI is InChI=1S/C12H16N2S/c13-9-12(11-5-8-15-10-11)14-6-3-1-2-4-7-14/h5,8,10,12H,1-4,6-7H2. The molecule has 0 aromatic carbocycles. The lowest BCUT2D eigenvalue weighted by Crippen LogP contribution is -2.28. The highest BCUT2D eigenvalue weighted by Crippen LogP contribution is 2.25. The van der Waals surface area contributed by atoms with Gasteiger partial charge in [-0.05, 0) is 48.3 Å². The Labute approximate surface area is 95.1 Å². The number of nitrogens with zero attached hydrogens (tertiary/aromatic N) is 2. The smallest absolute Gasteiger partial charge is 0.124 e. The van der Waals surface area contributed by atoms with E-state index in [1.165, 1.54) is 31.2 Å². The number of nitriles is 1. The fourth-order valence-electron chi connectivity index (χ4n) is 2.15. The van der Waals surface area contributed by atoms with Crippen LogP contribution in [0.4, 0.5) is 0 Å². The van der Waals surface area contributed by atoms with Crippen molar-refractivity contribution in [3.8, 4) is 6.07 Å². The van der Waals surface area contributed by atoms with Gasteiger partial charge < -0.3 is 0 Å². The van der Waals surface area contributed by atoms with Gasteiger partial charge in [-0.25, -0.2) is 0 Å². The van der Waals surface area contributed by atoms with Gasteiger partial charge in [0.05, 0.1) is 6.07 Å². The topological polar surface area (TPSA) is 27.0 Å². The molecule has 1 aliphatic rings. The Morgan fingerprint density at radius 2 is 2.00 bits per heavy atom. The van der Waals surface area contributed by atoms with E-state index < -0.39 is 0 Å². The first-order chi connectivity index (χ1) is 7.42. The van der Waals surface area contributed by atoms with Crippen LogP contribution in [0.3, 0.4) is 0 Å². The van der Waals surface area contributed by atoms with Gasteiger partial charge in [-0.15, -0.1) is 0 Å². The fraction of sp³-hybridized carbons (Fsp3) is 0.583. The lowest BCUT2D eigenvalue weighted by molar-refractivity contribution is 0.246. The minimum Gasteiger partial charge on any atom is -0.284 e. The number of thiophene rings is 1. The van der Waals surface area contributed by atoms with Crippen LogP contribution in [0, 0.1) is 11.3 Å². The van der Waals surface area contributed by atoms with E-state index in [0.717, 1.165) is 13.1 Å². The van der Waals surface area contributed by atoms with Crippen LogP contribution in [0.15, 0.2) is 16.8 Å². The summed E-state index contributed by atoms with van der Waals surface area (Å²) in [5, 5.41) is 13.4. The maximum Gasteiger partial charge on any atom is 0.124 e. The Morgan fingerprint density at radius 1 is 1.27 bits per heavy atom. The van der Waals surface area contributed by atoms with Crippen molar-refractivity contribution in [2.75, 3.05) is 13.1 Å². The summed E-state index contributed by atoms with van der Waals surface area (Å²) in [4.78, 5) is 2.33. The van der Waals surface area contributed by atoms with E-state index in [9.17, 15) is 5.26 Å². The van der Waals surface area contributed by atoms with Crippen molar-refractivity contribution < 1.29 is 0 Å². The second-order valence-corrected chi connectivity index (χ2v) is 4.82. The van der Waals surface area contributed by atoms with Crippen molar-refractivity contribution in [3.63, 3.8) is 0 Å². The molecule has 2 heterocycles. The molecule has 0 spiro atoms. The van der Waals surface area contributed by atoms with Crippen molar-refractivity contribution in [2.24, 2.45) is 0 Å². The van der Waals surface area contributed by atoms with Gasteiger partial charge >= 0.3 is 0 Å². The quantitative estimate of drug-likeness (QED) is 0.765. The number of rotatable bonds is 2. The van der Waals surface area contributed by atoms with Crippen molar-refractivity contribution in [1.82, 2.24) is 4.90 Å². The molecule has 0 aliphatic carbocycles. The molecule has 1 aromatic rings. The van der Waals surface area contributed by atoms with E-state index in [-0.39, 0.29) is 6.04 Å². The van der Waals surface area contributed by atoms with Crippen LogP contribution in [-0.4, -0.2) is 18.0 Å². The summed E-state index contributed by atoms with van der Waals surface area (Å²) >= 11 is 1.67. The summed E-state index contributed by atoms with van der Waals surface area (Å²) in [5.74, 6) is 0. The molecule has 1 aliphatic heterocycles. The highest BCUT2D eigenvalue weighted by atomic mass is 32.1. The van der Waals surface area contributed by atoms with Crippen LogP contribution in [0.1, 0.15) is 37.3 Å². The zero-order chi connectivity index (χ0) is 10.5. The lowest BCUT2D eigenvalue weighted by Gasteiger charge is -2.24. The fourth-order valence-corrected chi connectivity index (χ4v) is 2.83. The number of likely N-dealkylation sites (tertiary alicyclic amines) is 1. The SMILES string of the molecule is N#CC(c1ccsc1)N1CCCCCC1. The van der Waals surface area contributed by atoms with Gasteiger partial charge in [-0.2, -0.15) is 16.6 Å². The molecule has 2 nitrogen and oxygen atoms in total. The van der Waals surface area contributed by atoms with Crippen LogP contribution < -0.4 is 0 Å². The molecule has 1 atom stereocenters. The molecule has 0 bridgehead atoms. The van der Waals surface area contributed by atoms with Gasteiger partial charge in [0.2, 0.25) is 0 Å². The Hall–Kier alpha value is -0.850. The summed E-state index contributed by atoms with van der Waals surface area (Å²) < 4.78 is 0. The van der Waals surface area contributed by atoms with Crippen molar-refractivity contribution in [1.29, 1.82) is 5.26 Å². The second-order valence-electron chi connectivity index (χ2n) is 4.04. The van der Waals surface area contributed by atoms with Gasteiger partial charge in [0, 0.05) is 0 Å². The molecule has 0 N–H and O–H groups in total. The Bertz CT molecular complexity index is 318. The second kappa shape index (κ2) is 5.29. The van der Waals surface area contributed by atoms with Crippen molar-refractivity contribution in [2.45, 2.75) is 31.7 Å². The Balaban J connectivity index is 2.09. The van der Waals surface area contributed by atoms with E-state index in [1.54, 1.807) is 11.3 Å². The molecular weight excluding hydrogens is 204 g/mol. The van der Waals surface area contributed by atoms with E-state index >= 15 is 0 Å². The minimum atomic E-state index is -0.0191. The van der Waals surface area contributed by atoms with Crippen LogP contribution in [-0.2, 0) is 0 Å². The largest absolute Gasteiger partial charge is 0.284 e. The highest BCUT2D eigenvalue weighted by molar-refractivity contribution is 7.08. The van der Waals surface area contributed by atoms with Gasteiger partial charge in [-0.3, -0.25) is 4.90 Å². The maximum atomic E-state index is 9.25. The molecule has 80 valence electrons. The van der Waals surface area contributed by atoms with Crippen LogP contribution in [0.25, 0.3) is 0 Å².